The summed E-state index contributed by atoms with van der Waals surface area (Å²) < 4.78 is 7.10. The summed E-state index contributed by atoms with van der Waals surface area (Å²) in [5.74, 6) is 1.19. The number of benzene rings is 1. The molecular weight excluding hydrogens is 254 g/mol. The predicted molar refractivity (Wildman–Crippen MR) is 77.8 cm³/mol. The van der Waals surface area contributed by atoms with Gasteiger partial charge in [-0.1, -0.05) is 13.0 Å². The number of aromatic nitrogens is 2. The molecule has 2 N–H and O–H groups in total. The number of phenolic OH excluding ortho intramolecular Hbond substituents is 1. The van der Waals surface area contributed by atoms with Crippen LogP contribution in [0.25, 0.3) is 0 Å². The highest BCUT2D eigenvalue weighted by atomic mass is 16.5. The fraction of sp³-hybridized carbons (Fsp3) is 0.400. The summed E-state index contributed by atoms with van der Waals surface area (Å²) in [5.41, 5.74) is 1.04. The van der Waals surface area contributed by atoms with Gasteiger partial charge >= 0.3 is 0 Å². The summed E-state index contributed by atoms with van der Waals surface area (Å²) in [4.78, 5) is 4.03. The molecule has 1 atom stereocenters. The van der Waals surface area contributed by atoms with Crippen LogP contribution >= 0.6 is 0 Å². The minimum atomic E-state index is 0.179. The van der Waals surface area contributed by atoms with Crippen molar-refractivity contribution < 1.29 is 9.84 Å². The first-order valence-corrected chi connectivity index (χ1v) is 6.71. The van der Waals surface area contributed by atoms with E-state index >= 15 is 0 Å². The van der Waals surface area contributed by atoms with E-state index in [1.807, 2.05) is 18.6 Å². The van der Waals surface area contributed by atoms with Gasteiger partial charge in [-0.2, -0.15) is 0 Å². The van der Waals surface area contributed by atoms with E-state index in [2.05, 4.69) is 21.8 Å². The first-order valence-electron chi connectivity index (χ1n) is 6.71. The van der Waals surface area contributed by atoms with Crippen molar-refractivity contribution in [2.45, 2.75) is 20.0 Å². The summed E-state index contributed by atoms with van der Waals surface area (Å²) in [6.07, 6.45) is 5.59. The molecule has 5 heteroatoms. The van der Waals surface area contributed by atoms with Crippen LogP contribution < -0.4 is 10.1 Å². The van der Waals surface area contributed by atoms with Gasteiger partial charge in [-0.3, -0.25) is 0 Å². The number of hydrogen-bond donors (Lipinski definition) is 2. The molecule has 0 aliphatic carbocycles. The average molecular weight is 275 g/mol. The van der Waals surface area contributed by atoms with Gasteiger partial charge in [-0.25, -0.2) is 4.98 Å². The smallest absolute Gasteiger partial charge is 0.160 e. The number of hydrogen-bond acceptors (Lipinski definition) is 4. The molecular formula is C15H21N3O2. The Morgan fingerprint density at radius 1 is 1.45 bits per heavy atom. The molecule has 0 spiro atoms. The normalized spacial score (nSPS) is 12.3. The zero-order chi connectivity index (χ0) is 14.4. The summed E-state index contributed by atoms with van der Waals surface area (Å²) in [6.45, 7) is 4.77. The molecule has 20 heavy (non-hydrogen) atoms. The minimum absolute atomic E-state index is 0.179. The van der Waals surface area contributed by atoms with Crippen molar-refractivity contribution in [2.75, 3.05) is 13.7 Å². The van der Waals surface area contributed by atoms with E-state index in [-0.39, 0.29) is 5.75 Å². The first kappa shape index (κ1) is 14.4. The van der Waals surface area contributed by atoms with Gasteiger partial charge in [0.25, 0.3) is 0 Å². The Hall–Kier alpha value is -2.01. The van der Waals surface area contributed by atoms with Gasteiger partial charge in [0.05, 0.1) is 13.4 Å². The second kappa shape index (κ2) is 6.96. The lowest BCUT2D eigenvalue weighted by atomic mass is 10.1. The average Bonchev–Trinajstić information content (AvgIpc) is 2.92. The second-order valence-electron chi connectivity index (χ2n) is 5.00. The molecule has 5 nitrogen and oxygen atoms in total. The molecule has 108 valence electrons. The predicted octanol–water partition coefficient (Wildman–Crippen LogP) is 2.02. The fourth-order valence-corrected chi connectivity index (χ4v) is 2.13. The van der Waals surface area contributed by atoms with Crippen molar-refractivity contribution >= 4 is 0 Å². The Morgan fingerprint density at radius 2 is 2.30 bits per heavy atom. The molecule has 1 aromatic carbocycles. The number of phenols is 1. The third kappa shape index (κ3) is 3.99. The summed E-state index contributed by atoms with van der Waals surface area (Å²) >= 11 is 0. The quantitative estimate of drug-likeness (QED) is 0.811. The van der Waals surface area contributed by atoms with E-state index in [0.717, 1.165) is 25.2 Å². The molecule has 0 saturated carbocycles. The van der Waals surface area contributed by atoms with Crippen molar-refractivity contribution in [2.24, 2.45) is 5.92 Å². The number of aromatic hydroxyl groups is 1. The van der Waals surface area contributed by atoms with Gasteiger partial charge in [0, 0.05) is 25.5 Å². The topological polar surface area (TPSA) is 59.3 Å². The van der Waals surface area contributed by atoms with Crippen LogP contribution in [0.15, 0.2) is 36.9 Å². The van der Waals surface area contributed by atoms with E-state index in [9.17, 15) is 5.11 Å². The number of imidazole rings is 1. The molecule has 2 rings (SSSR count). The number of nitrogens with one attached hydrogen (secondary N) is 1. The standard InChI is InChI=1S/C15H21N3O2/c1-12(10-18-6-5-16-11-18)8-17-9-13-3-4-15(20-2)14(19)7-13/h3-7,11-12,17,19H,8-10H2,1-2H3. The lowest BCUT2D eigenvalue weighted by Crippen LogP contribution is -2.23. The van der Waals surface area contributed by atoms with Crippen LogP contribution in [-0.2, 0) is 13.1 Å². The molecule has 0 bridgehead atoms. The lowest BCUT2D eigenvalue weighted by Gasteiger charge is -2.13. The Bertz CT molecular complexity index is 526. The Balaban J connectivity index is 1.76. The molecule has 0 fully saturated rings. The second-order valence-corrected chi connectivity index (χ2v) is 5.00. The SMILES string of the molecule is COc1ccc(CNCC(C)Cn2ccnc2)cc1O. The van der Waals surface area contributed by atoms with Crippen LogP contribution in [0.1, 0.15) is 12.5 Å². The summed E-state index contributed by atoms with van der Waals surface area (Å²) in [6, 6.07) is 5.46. The molecule has 1 aromatic heterocycles. The highest BCUT2D eigenvalue weighted by Gasteiger charge is 2.05. The van der Waals surface area contributed by atoms with Crippen molar-refractivity contribution in [3.8, 4) is 11.5 Å². The Kier molecular flexibility index (Phi) is 5.01. The van der Waals surface area contributed by atoms with E-state index in [0.29, 0.717) is 11.7 Å². The highest BCUT2D eigenvalue weighted by molar-refractivity contribution is 5.41. The monoisotopic (exact) mass is 275 g/mol. The van der Waals surface area contributed by atoms with Gasteiger partial charge in [0.1, 0.15) is 0 Å². The number of methoxy groups -OCH3 is 1. The van der Waals surface area contributed by atoms with Gasteiger partial charge < -0.3 is 19.7 Å². The molecule has 1 heterocycles. The van der Waals surface area contributed by atoms with Crippen molar-refractivity contribution in [1.82, 2.24) is 14.9 Å². The number of nitrogens with zero attached hydrogens (tertiary/aromatic N) is 2. The molecule has 0 amide bonds. The van der Waals surface area contributed by atoms with E-state index in [1.54, 1.807) is 25.4 Å². The van der Waals surface area contributed by atoms with Crippen LogP contribution in [0, 0.1) is 5.92 Å². The van der Waals surface area contributed by atoms with Gasteiger partial charge in [-0.15, -0.1) is 0 Å². The molecule has 2 aromatic rings. The van der Waals surface area contributed by atoms with Crippen LogP contribution in [-0.4, -0.2) is 28.3 Å². The van der Waals surface area contributed by atoms with Crippen LogP contribution in [0.5, 0.6) is 11.5 Å². The Morgan fingerprint density at radius 3 is 2.95 bits per heavy atom. The molecule has 1 unspecified atom stereocenters. The zero-order valence-corrected chi connectivity index (χ0v) is 11.9. The van der Waals surface area contributed by atoms with Gasteiger partial charge in [-0.05, 0) is 30.2 Å². The third-order valence-electron chi connectivity index (χ3n) is 3.15. The zero-order valence-electron chi connectivity index (χ0n) is 11.9. The first-order chi connectivity index (χ1) is 9.69. The maximum absolute atomic E-state index is 9.71. The van der Waals surface area contributed by atoms with Crippen LogP contribution in [0.2, 0.25) is 0 Å². The van der Waals surface area contributed by atoms with E-state index < -0.39 is 0 Å². The molecule has 0 radical (unpaired) electrons. The fourth-order valence-electron chi connectivity index (χ4n) is 2.13. The van der Waals surface area contributed by atoms with Gasteiger partial charge in [0.15, 0.2) is 11.5 Å². The number of rotatable bonds is 7. The van der Waals surface area contributed by atoms with Crippen molar-refractivity contribution in [3.63, 3.8) is 0 Å². The van der Waals surface area contributed by atoms with E-state index in [1.165, 1.54) is 0 Å². The maximum Gasteiger partial charge on any atom is 0.160 e. The van der Waals surface area contributed by atoms with E-state index in [4.69, 9.17) is 4.74 Å². The van der Waals surface area contributed by atoms with Crippen LogP contribution in [0.3, 0.4) is 0 Å². The minimum Gasteiger partial charge on any atom is -0.504 e. The van der Waals surface area contributed by atoms with Crippen LogP contribution in [0.4, 0.5) is 0 Å². The summed E-state index contributed by atoms with van der Waals surface area (Å²) in [7, 11) is 1.55. The maximum atomic E-state index is 9.71. The largest absolute Gasteiger partial charge is 0.504 e. The van der Waals surface area contributed by atoms with Gasteiger partial charge in [0.2, 0.25) is 0 Å². The Labute approximate surface area is 119 Å². The third-order valence-corrected chi connectivity index (χ3v) is 3.15. The number of ether oxygens (including phenoxy) is 1. The molecule has 0 aliphatic heterocycles. The van der Waals surface area contributed by atoms with Crippen molar-refractivity contribution in [1.29, 1.82) is 0 Å². The molecule has 0 aliphatic rings. The summed E-state index contributed by atoms with van der Waals surface area (Å²) in [5, 5.41) is 13.1. The highest BCUT2D eigenvalue weighted by Crippen LogP contribution is 2.26. The lowest BCUT2D eigenvalue weighted by molar-refractivity contribution is 0.372. The van der Waals surface area contributed by atoms with Crippen molar-refractivity contribution in [3.05, 3.63) is 42.5 Å². The molecule has 0 saturated heterocycles.